The molecule has 0 bridgehead atoms. The van der Waals surface area contributed by atoms with Crippen LogP contribution in [0.3, 0.4) is 0 Å². The van der Waals surface area contributed by atoms with E-state index in [9.17, 15) is 4.79 Å². The van der Waals surface area contributed by atoms with Crippen molar-refractivity contribution in [2.45, 2.75) is 12.5 Å². The third kappa shape index (κ3) is 2.81. The highest BCUT2D eigenvalue weighted by atomic mass is 79.9. The molecule has 0 radical (unpaired) electrons. The Morgan fingerprint density at radius 1 is 1.48 bits per heavy atom. The minimum Gasteiger partial charge on any atom is -0.351 e. The lowest BCUT2D eigenvalue weighted by Crippen LogP contribution is -2.37. The fourth-order valence-corrected chi connectivity index (χ4v) is 4.06. The van der Waals surface area contributed by atoms with E-state index in [1.807, 2.05) is 22.0 Å². The minimum absolute atomic E-state index is 0.0267. The van der Waals surface area contributed by atoms with Gasteiger partial charge in [0.05, 0.1) is 4.88 Å². The lowest BCUT2D eigenvalue weighted by Gasteiger charge is -2.17. The van der Waals surface area contributed by atoms with Crippen LogP contribution in [0.15, 0.2) is 34.6 Å². The number of halogens is 1. The van der Waals surface area contributed by atoms with Gasteiger partial charge in [-0.1, -0.05) is 0 Å². The van der Waals surface area contributed by atoms with E-state index >= 15 is 0 Å². The van der Waals surface area contributed by atoms with Crippen molar-refractivity contribution in [1.82, 2.24) is 24.9 Å². The summed E-state index contributed by atoms with van der Waals surface area (Å²) in [5.41, 5.74) is 0.738. The van der Waals surface area contributed by atoms with Crippen molar-refractivity contribution in [1.29, 1.82) is 0 Å². The van der Waals surface area contributed by atoms with Gasteiger partial charge in [-0.15, -0.1) is 21.5 Å². The van der Waals surface area contributed by atoms with Crippen LogP contribution in [0.25, 0.3) is 5.65 Å². The number of hydrogen-bond donors (Lipinski definition) is 1. The second-order valence-corrected chi connectivity index (χ2v) is 7.17. The van der Waals surface area contributed by atoms with Crippen LogP contribution in [-0.4, -0.2) is 44.6 Å². The molecule has 1 amide bonds. The monoisotopic (exact) mass is 392 g/mol. The number of carbonyl (C=O) groups excluding carboxylic acids is 1. The predicted octanol–water partition coefficient (Wildman–Crippen LogP) is 1.96. The van der Waals surface area contributed by atoms with Crippen molar-refractivity contribution >= 4 is 44.6 Å². The molecule has 9 heteroatoms. The van der Waals surface area contributed by atoms with Gasteiger partial charge in [0, 0.05) is 41.4 Å². The van der Waals surface area contributed by atoms with E-state index in [0.29, 0.717) is 4.88 Å². The second kappa shape index (κ2) is 5.89. The van der Waals surface area contributed by atoms with Crippen LogP contribution in [0.1, 0.15) is 16.1 Å². The smallest absolute Gasteiger partial charge is 0.261 e. The number of nitrogens with zero attached hydrogens (tertiary/aromatic N) is 5. The van der Waals surface area contributed by atoms with E-state index in [1.54, 1.807) is 12.5 Å². The number of fused-ring (bicyclic) bond motifs is 1. The maximum absolute atomic E-state index is 12.2. The Balaban J connectivity index is 1.47. The molecular weight excluding hydrogens is 380 g/mol. The van der Waals surface area contributed by atoms with Gasteiger partial charge in [-0.2, -0.15) is 0 Å². The quantitative estimate of drug-likeness (QED) is 0.737. The maximum atomic E-state index is 12.2. The molecule has 0 spiro atoms. The number of aromatic nitrogens is 4. The molecule has 23 heavy (non-hydrogen) atoms. The molecule has 1 saturated heterocycles. The lowest BCUT2D eigenvalue weighted by atomic mass is 10.2. The van der Waals surface area contributed by atoms with E-state index in [1.165, 1.54) is 11.3 Å². The average Bonchev–Trinajstić information content (AvgIpc) is 3.26. The van der Waals surface area contributed by atoms with Crippen molar-refractivity contribution in [3.63, 3.8) is 0 Å². The third-order valence-corrected chi connectivity index (χ3v) is 5.50. The number of amides is 1. The summed E-state index contributed by atoms with van der Waals surface area (Å²) in [5.74, 6) is 0.779. The topological polar surface area (TPSA) is 75.4 Å². The maximum Gasteiger partial charge on any atom is 0.261 e. The van der Waals surface area contributed by atoms with Gasteiger partial charge in [0.2, 0.25) is 5.65 Å². The molecule has 3 aromatic heterocycles. The van der Waals surface area contributed by atoms with Gasteiger partial charge in [-0.3, -0.25) is 9.20 Å². The zero-order valence-corrected chi connectivity index (χ0v) is 14.4. The highest BCUT2D eigenvalue weighted by Gasteiger charge is 2.27. The molecular formula is C14H13BrN6OS. The number of thiophene rings is 1. The lowest BCUT2D eigenvalue weighted by molar-refractivity contribution is 0.0944. The Hall–Kier alpha value is -2.00. The first-order valence-electron chi connectivity index (χ1n) is 7.15. The molecule has 1 N–H and O–H groups in total. The van der Waals surface area contributed by atoms with E-state index < -0.39 is 0 Å². The van der Waals surface area contributed by atoms with Crippen LogP contribution < -0.4 is 10.2 Å². The van der Waals surface area contributed by atoms with E-state index in [2.05, 4.69) is 41.3 Å². The largest absolute Gasteiger partial charge is 0.351 e. The standard InChI is InChI=1S/C14H13BrN6OS/c15-9-5-11(23-7-9)14(22)18-10-1-3-20(6-10)12-13-19-17-8-21(13)4-2-16-12/h2,4-5,7-8,10H,1,3,6H2,(H,18,22). The summed E-state index contributed by atoms with van der Waals surface area (Å²) in [5, 5.41) is 13.0. The highest BCUT2D eigenvalue weighted by molar-refractivity contribution is 9.10. The molecule has 118 valence electrons. The van der Waals surface area contributed by atoms with Crippen molar-refractivity contribution < 1.29 is 4.79 Å². The predicted molar refractivity (Wildman–Crippen MR) is 90.9 cm³/mol. The van der Waals surface area contributed by atoms with E-state index in [4.69, 9.17) is 0 Å². The Kier molecular flexibility index (Phi) is 3.74. The van der Waals surface area contributed by atoms with Gasteiger partial charge in [-0.05, 0) is 28.4 Å². The Labute approximate surface area is 144 Å². The normalized spacial score (nSPS) is 17.8. The van der Waals surface area contributed by atoms with E-state index in [0.717, 1.165) is 35.4 Å². The molecule has 1 aliphatic rings. The summed E-state index contributed by atoms with van der Waals surface area (Å²) >= 11 is 4.81. The highest BCUT2D eigenvalue weighted by Crippen LogP contribution is 2.23. The van der Waals surface area contributed by atoms with Gasteiger partial charge >= 0.3 is 0 Å². The minimum atomic E-state index is -0.0267. The Morgan fingerprint density at radius 3 is 3.22 bits per heavy atom. The molecule has 1 aliphatic heterocycles. The van der Waals surface area contributed by atoms with Gasteiger partial charge in [0.25, 0.3) is 5.91 Å². The van der Waals surface area contributed by atoms with Crippen LogP contribution >= 0.6 is 27.3 Å². The van der Waals surface area contributed by atoms with Crippen molar-refractivity contribution in [2.75, 3.05) is 18.0 Å². The molecule has 0 saturated carbocycles. The SMILES string of the molecule is O=C(NC1CCN(c2nccn3cnnc23)C1)c1cc(Br)cs1. The summed E-state index contributed by atoms with van der Waals surface area (Å²) in [6.45, 7) is 1.55. The number of rotatable bonds is 3. The third-order valence-electron chi connectivity index (χ3n) is 3.81. The fourth-order valence-electron chi connectivity index (χ4n) is 2.73. The molecule has 3 aromatic rings. The van der Waals surface area contributed by atoms with Gasteiger partial charge in [-0.25, -0.2) is 4.98 Å². The average molecular weight is 393 g/mol. The molecule has 0 aliphatic carbocycles. The first-order chi connectivity index (χ1) is 11.2. The van der Waals surface area contributed by atoms with E-state index in [-0.39, 0.29) is 11.9 Å². The number of hydrogen-bond acceptors (Lipinski definition) is 6. The Bertz CT molecular complexity index is 862. The first kappa shape index (κ1) is 14.6. The fraction of sp³-hybridized carbons (Fsp3) is 0.286. The summed E-state index contributed by atoms with van der Waals surface area (Å²) < 4.78 is 2.78. The molecule has 0 aromatic carbocycles. The van der Waals surface area contributed by atoms with Crippen LogP contribution in [0.5, 0.6) is 0 Å². The van der Waals surface area contributed by atoms with Gasteiger partial charge in [0.15, 0.2) is 5.82 Å². The molecule has 1 unspecified atom stereocenters. The molecule has 4 rings (SSSR count). The van der Waals surface area contributed by atoms with Crippen molar-refractivity contribution in [3.05, 3.63) is 39.5 Å². The van der Waals surface area contributed by atoms with Crippen LogP contribution in [0.4, 0.5) is 5.82 Å². The number of nitrogens with one attached hydrogen (secondary N) is 1. The van der Waals surface area contributed by atoms with Crippen LogP contribution in [0, 0.1) is 0 Å². The molecule has 4 heterocycles. The zero-order chi connectivity index (χ0) is 15.8. The molecule has 1 fully saturated rings. The molecule has 1 atom stereocenters. The van der Waals surface area contributed by atoms with Crippen LogP contribution in [-0.2, 0) is 0 Å². The van der Waals surface area contributed by atoms with Crippen LogP contribution in [0.2, 0.25) is 0 Å². The first-order valence-corrected chi connectivity index (χ1v) is 8.82. The zero-order valence-electron chi connectivity index (χ0n) is 12.0. The van der Waals surface area contributed by atoms with Crippen molar-refractivity contribution in [3.8, 4) is 0 Å². The Morgan fingerprint density at radius 2 is 2.39 bits per heavy atom. The summed E-state index contributed by atoms with van der Waals surface area (Å²) in [6.07, 6.45) is 6.10. The number of anilines is 1. The summed E-state index contributed by atoms with van der Waals surface area (Å²) in [6, 6.07) is 1.94. The summed E-state index contributed by atoms with van der Waals surface area (Å²) in [4.78, 5) is 19.5. The summed E-state index contributed by atoms with van der Waals surface area (Å²) in [7, 11) is 0. The van der Waals surface area contributed by atoms with Gasteiger partial charge in [0.1, 0.15) is 6.33 Å². The second-order valence-electron chi connectivity index (χ2n) is 5.35. The number of carbonyl (C=O) groups is 1. The van der Waals surface area contributed by atoms with Crippen molar-refractivity contribution in [2.24, 2.45) is 0 Å². The van der Waals surface area contributed by atoms with Gasteiger partial charge < -0.3 is 10.2 Å². The molecule has 7 nitrogen and oxygen atoms in total.